The third kappa shape index (κ3) is 2.63. The monoisotopic (exact) mass is 329 g/mol. The summed E-state index contributed by atoms with van der Waals surface area (Å²) in [6.07, 6.45) is 2.72. The van der Waals surface area contributed by atoms with E-state index in [2.05, 4.69) is 16.9 Å². The number of rotatable bonds is 4. The summed E-state index contributed by atoms with van der Waals surface area (Å²) in [5.41, 5.74) is 3.26. The standard InChI is InChI=1S/C17H19N3O2S/c1-4-12-10-14-17(18-11-12)20(3)16(19-14)13-8-6-7-9-15(13)23(21,22)5-2/h6-11H,4-5H2,1-3H3. The maximum atomic E-state index is 12.4. The van der Waals surface area contributed by atoms with E-state index in [0.717, 1.165) is 23.1 Å². The van der Waals surface area contributed by atoms with Gasteiger partial charge in [0, 0.05) is 18.8 Å². The fraction of sp³-hybridized carbons (Fsp3) is 0.294. The van der Waals surface area contributed by atoms with E-state index in [-0.39, 0.29) is 5.75 Å². The van der Waals surface area contributed by atoms with Gasteiger partial charge >= 0.3 is 0 Å². The SMILES string of the molecule is CCc1cnc2c(c1)nc(-c1ccccc1S(=O)(=O)CC)n2C. The summed E-state index contributed by atoms with van der Waals surface area (Å²) < 4.78 is 26.6. The summed E-state index contributed by atoms with van der Waals surface area (Å²) in [6, 6.07) is 9.00. The highest BCUT2D eigenvalue weighted by Gasteiger charge is 2.21. The second-order valence-electron chi connectivity index (χ2n) is 5.43. The van der Waals surface area contributed by atoms with Gasteiger partial charge in [0.1, 0.15) is 11.3 Å². The molecule has 0 atom stereocenters. The second kappa shape index (κ2) is 5.77. The molecule has 0 saturated carbocycles. The van der Waals surface area contributed by atoms with Crippen molar-refractivity contribution in [2.75, 3.05) is 5.75 Å². The minimum absolute atomic E-state index is 0.0617. The normalized spacial score (nSPS) is 12.0. The summed E-state index contributed by atoms with van der Waals surface area (Å²) in [4.78, 5) is 9.41. The van der Waals surface area contributed by atoms with E-state index in [4.69, 9.17) is 0 Å². The van der Waals surface area contributed by atoms with Gasteiger partial charge in [-0.1, -0.05) is 26.0 Å². The lowest BCUT2D eigenvalue weighted by Crippen LogP contribution is -2.07. The molecule has 0 bridgehead atoms. The minimum Gasteiger partial charge on any atom is -0.312 e. The highest BCUT2D eigenvalue weighted by molar-refractivity contribution is 7.91. The van der Waals surface area contributed by atoms with Crippen molar-refractivity contribution in [1.29, 1.82) is 0 Å². The van der Waals surface area contributed by atoms with Gasteiger partial charge in [-0.15, -0.1) is 0 Å². The van der Waals surface area contributed by atoms with Gasteiger partial charge in [0.2, 0.25) is 0 Å². The molecule has 120 valence electrons. The summed E-state index contributed by atoms with van der Waals surface area (Å²) in [6.45, 7) is 3.71. The molecule has 3 rings (SSSR count). The zero-order valence-electron chi connectivity index (χ0n) is 13.4. The van der Waals surface area contributed by atoms with E-state index in [1.165, 1.54) is 0 Å². The topological polar surface area (TPSA) is 64.8 Å². The number of nitrogens with zero attached hydrogens (tertiary/aromatic N) is 3. The van der Waals surface area contributed by atoms with Crippen molar-refractivity contribution in [1.82, 2.24) is 14.5 Å². The average molecular weight is 329 g/mol. The van der Waals surface area contributed by atoms with Gasteiger partial charge in [0.25, 0.3) is 0 Å². The van der Waals surface area contributed by atoms with Gasteiger partial charge in [-0.2, -0.15) is 0 Å². The average Bonchev–Trinajstić information content (AvgIpc) is 2.91. The molecule has 0 saturated heterocycles. The Morgan fingerprint density at radius 3 is 2.61 bits per heavy atom. The fourth-order valence-electron chi connectivity index (χ4n) is 2.63. The third-order valence-electron chi connectivity index (χ3n) is 4.02. The summed E-state index contributed by atoms with van der Waals surface area (Å²) in [7, 11) is -1.46. The maximum absolute atomic E-state index is 12.4. The predicted octanol–water partition coefficient (Wildman–Crippen LogP) is 2.99. The number of hydrogen-bond donors (Lipinski definition) is 0. The van der Waals surface area contributed by atoms with Gasteiger partial charge < -0.3 is 4.57 Å². The molecular weight excluding hydrogens is 310 g/mol. The Morgan fingerprint density at radius 1 is 1.17 bits per heavy atom. The van der Waals surface area contributed by atoms with Crippen molar-refractivity contribution in [3.8, 4) is 11.4 Å². The largest absolute Gasteiger partial charge is 0.312 e. The zero-order chi connectivity index (χ0) is 16.6. The van der Waals surface area contributed by atoms with E-state index in [1.54, 1.807) is 25.1 Å². The molecule has 0 aliphatic carbocycles. The summed E-state index contributed by atoms with van der Waals surface area (Å²) in [5.74, 6) is 0.681. The van der Waals surface area contributed by atoms with Crippen molar-refractivity contribution in [3.63, 3.8) is 0 Å². The molecular formula is C17H19N3O2S. The van der Waals surface area contributed by atoms with Gasteiger partial charge in [-0.3, -0.25) is 0 Å². The van der Waals surface area contributed by atoms with Crippen LogP contribution in [0.5, 0.6) is 0 Å². The highest BCUT2D eigenvalue weighted by Crippen LogP contribution is 2.29. The number of benzene rings is 1. The second-order valence-corrected chi connectivity index (χ2v) is 7.68. The van der Waals surface area contributed by atoms with Crippen molar-refractivity contribution in [3.05, 3.63) is 42.1 Å². The molecule has 0 aliphatic rings. The Balaban J connectivity index is 2.28. The molecule has 5 nitrogen and oxygen atoms in total. The number of hydrogen-bond acceptors (Lipinski definition) is 4. The van der Waals surface area contributed by atoms with E-state index >= 15 is 0 Å². The first-order valence-electron chi connectivity index (χ1n) is 7.61. The quantitative estimate of drug-likeness (QED) is 0.738. The Kier molecular flexibility index (Phi) is 3.93. The van der Waals surface area contributed by atoms with Crippen LogP contribution in [0.4, 0.5) is 0 Å². The van der Waals surface area contributed by atoms with Gasteiger partial charge in [0.05, 0.1) is 10.6 Å². The molecule has 0 radical (unpaired) electrons. The first-order chi connectivity index (χ1) is 11.0. The first-order valence-corrected chi connectivity index (χ1v) is 9.26. The van der Waals surface area contributed by atoms with Gasteiger partial charge in [-0.05, 0) is 30.2 Å². The van der Waals surface area contributed by atoms with Gasteiger partial charge in [-0.25, -0.2) is 18.4 Å². The lowest BCUT2D eigenvalue weighted by molar-refractivity contribution is 0.597. The Morgan fingerprint density at radius 2 is 1.91 bits per heavy atom. The molecule has 6 heteroatoms. The molecule has 2 heterocycles. The highest BCUT2D eigenvalue weighted by atomic mass is 32.2. The fourth-order valence-corrected chi connectivity index (χ4v) is 3.72. The smallest absolute Gasteiger partial charge is 0.178 e. The number of fused-ring (bicyclic) bond motifs is 1. The van der Waals surface area contributed by atoms with Crippen LogP contribution in [0.15, 0.2) is 41.4 Å². The number of imidazole rings is 1. The molecule has 23 heavy (non-hydrogen) atoms. The van der Waals surface area contributed by atoms with Crippen LogP contribution in [0.1, 0.15) is 19.4 Å². The van der Waals surface area contributed by atoms with Gasteiger partial charge in [0.15, 0.2) is 15.5 Å². The molecule has 0 N–H and O–H groups in total. The molecule has 0 fully saturated rings. The van der Waals surface area contributed by atoms with E-state index < -0.39 is 9.84 Å². The van der Waals surface area contributed by atoms with Crippen LogP contribution in [0.25, 0.3) is 22.6 Å². The predicted molar refractivity (Wildman–Crippen MR) is 91.0 cm³/mol. The number of aromatic nitrogens is 3. The zero-order valence-corrected chi connectivity index (χ0v) is 14.3. The molecule has 0 amide bonds. The third-order valence-corrected chi connectivity index (χ3v) is 5.80. The van der Waals surface area contributed by atoms with Crippen LogP contribution in [-0.4, -0.2) is 28.7 Å². The van der Waals surface area contributed by atoms with Crippen molar-refractivity contribution < 1.29 is 8.42 Å². The van der Waals surface area contributed by atoms with Crippen LogP contribution >= 0.6 is 0 Å². The maximum Gasteiger partial charge on any atom is 0.178 e. The van der Waals surface area contributed by atoms with Crippen molar-refractivity contribution >= 4 is 21.0 Å². The molecule has 3 aromatic rings. The molecule has 1 aromatic carbocycles. The van der Waals surface area contributed by atoms with Crippen molar-refractivity contribution in [2.45, 2.75) is 25.2 Å². The van der Waals surface area contributed by atoms with E-state index in [1.807, 2.05) is 29.9 Å². The molecule has 0 unspecified atom stereocenters. The minimum atomic E-state index is -3.32. The van der Waals surface area contributed by atoms with E-state index in [0.29, 0.717) is 16.3 Å². The first kappa shape index (κ1) is 15.7. The van der Waals surface area contributed by atoms with Crippen LogP contribution in [0, 0.1) is 0 Å². The summed E-state index contributed by atoms with van der Waals surface area (Å²) >= 11 is 0. The van der Waals surface area contributed by atoms with E-state index in [9.17, 15) is 8.42 Å². The molecule has 2 aromatic heterocycles. The van der Waals surface area contributed by atoms with Crippen molar-refractivity contribution in [2.24, 2.45) is 7.05 Å². The van der Waals surface area contributed by atoms with Crippen LogP contribution in [0.2, 0.25) is 0 Å². The Bertz CT molecular complexity index is 975. The molecule has 0 aliphatic heterocycles. The van der Waals surface area contributed by atoms with Crippen LogP contribution in [-0.2, 0) is 23.3 Å². The number of pyridine rings is 1. The number of sulfone groups is 1. The Labute approximate surface area is 135 Å². The Hall–Kier alpha value is -2.21. The number of aryl methyl sites for hydroxylation is 2. The van der Waals surface area contributed by atoms with Crippen LogP contribution < -0.4 is 0 Å². The van der Waals surface area contributed by atoms with Crippen LogP contribution in [0.3, 0.4) is 0 Å². The lowest BCUT2D eigenvalue weighted by Gasteiger charge is -2.09. The molecule has 0 spiro atoms. The lowest BCUT2D eigenvalue weighted by atomic mass is 10.2. The summed E-state index contributed by atoms with van der Waals surface area (Å²) in [5, 5.41) is 0.